The number of anilines is 1. The first-order valence-corrected chi connectivity index (χ1v) is 10.4. The number of hydrogen-bond acceptors (Lipinski definition) is 4. The van der Waals surface area contributed by atoms with E-state index < -0.39 is 5.82 Å². The van der Waals surface area contributed by atoms with E-state index >= 15 is 0 Å². The Morgan fingerprint density at radius 1 is 1.23 bits per heavy atom. The Labute approximate surface area is 190 Å². The Bertz CT molecular complexity index is 1220. The highest BCUT2D eigenvalue weighted by atomic mass is 79.9. The maximum absolute atomic E-state index is 13.1. The number of amides is 1. The lowest BCUT2D eigenvalue weighted by Crippen LogP contribution is -2.11. The Balaban J connectivity index is 1.37. The summed E-state index contributed by atoms with van der Waals surface area (Å²) in [6.07, 6.45) is 3.59. The van der Waals surface area contributed by atoms with Crippen LogP contribution in [0.4, 0.5) is 10.1 Å². The molecule has 0 aliphatic rings. The summed E-state index contributed by atoms with van der Waals surface area (Å²) in [5, 5.41) is 7.21. The number of rotatable bonds is 7. The third-order valence-corrected chi connectivity index (χ3v) is 4.99. The highest BCUT2D eigenvalue weighted by Crippen LogP contribution is 2.26. The minimum atomic E-state index is -0.448. The molecule has 9 heteroatoms. The molecule has 0 aliphatic carbocycles. The molecule has 0 aliphatic heterocycles. The summed E-state index contributed by atoms with van der Waals surface area (Å²) < 4.78 is 26.9. The zero-order chi connectivity index (χ0) is 21.8. The molecule has 2 aromatic carbocycles. The molecule has 4 rings (SSSR count). The number of carbonyl (C=O) groups is 1. The van der Waals surface area contributed by atoms with Gasteiger partial charge in [0, 0.05) is 11.9 Å². The molecule has 0 saturated heterocycles. The molecule has 1 N–H and O–H groups in total. The number of benzene rings is 2. The lowest BCUT2D eigenvalue weighted by molar-refractivity contribution is 0.0992. The number of halogens is 3. The summed E-state index contributed by atoms with van der Waals surface area (Å²) in [6.45, 7) is 0.622. The van der Waals surface area contributed by atoms with Crippen LogP contribution in [-0.4, -0.2) is 15.7 Å². The minimum absolute atomic E-state index is 0.0492. The first kappa shape index (κ1) is 21.1. The monoisotopic (exact) mass is 503 g/mol. The summed E-state index contributed by atoms with van der Waals surface area (Å²) in [5.74, 6) is 0.0705. The van der Waals surface area contributed by atoms with Gasteiger partial charge in [-0.15, -0.1) is 0 Å². The topological polar surface area (TPSA) is 69.3 Å². The van der Waals surface area contributed by atoms with Gasteiger partial charge in [-0.25, -0.2) is 4.39 Å². The lowest BCUT2D eigenvalue weighted by Gasteiger charge is -2.07. The normalized spacial score (nSPS) is 10.8. The van der Waals surface area contributed by atoms with Crippen molar-refractivity contribution in [2.45, 2.75) is 13.2 Å². The van der Waals surface area contributed by atoms with E-state index in [4.69, 9.17) is 20.8 Å². The van der Waals surface area contributed by atoms with Crippen molar-refractivity contribution < 1.29 is 18.3 Å². The van der Waals surface area contributed by atoms with Crippen molar-refractivity contribution in [2.24, 2.45) is 0 Å². The zero-order valence-electron chi connectivity index (χ0n) is 16.0. The van der Waals surface area contributed by atoms with Gasteiger partial charge >= 0.3 is 0 Å². The fourth-order valence-corrected chi connectivity index (χ4v) is 3.42. The Kier molecular flexibility index (Phi) is 6.39. The zero-order valence-corrected chi connectivity index (χ0v) is 18.4. The number of nitrogens with zero attached hydrogens (tertiary/aromatic N) is 2. The Hall–Kier alpha value is -3.10. The number of hydrogen-bond donors (Lipinski definition) is 1. The van der Waals surface area contributed by atoms with Crippen LogP contribution in [0.1, 0.15) is 21.9 Å². The van der Waals surface area contributed by atoms with Gasteiger partial charge in [0.25, 0.3) is 5.91 Å². The van der Waals surface area contributed by atoms with Crippen molar-refractivity contribution in [3.8, 4) is 5.75 Å². The van der Waals surface area contributed by atoms with Crippen molar-refractivity contribution in [2.75, 3.05) is 5.32 Å². The van der Waals surface area contributed by atoms with Crippen LogP contribution in [0.15, 0.2) is 75.9 Å². The van der Waals surface area contributed by atoms with Gasteiger partial charge in [-0.2, -0.15) is 5.10 Å². The average Bonchev–Trinajstić information content (AvgIpc) is 3.37. The molecular weight excluding hydrogens is 489 g/mol. The van der Waals surface area contributed by atoms with E-state index in [1.165, 1.54) is 12.1 Å². The molecule has 4 aromatic rings. The summed E-state index contributed by atoms with van der Waals surface area (Å²) in [4.78, 5) is 12.5. The minimum Gasteiger partial charge on any atom is -0.484 e. The third-order valence-electron chi connectivity index (χ3n) is 4.28. The number of nitrogens with one attached hydrogen (secondary N) is 1. The molecule has 0 fully saturated rings. The van der Waals surface area contributed by atoms with Crippen LogP contribution >= 0.6 is 27.5 Å². The van der Waals surface area contributed by atoms with Crippen molar-refractivity contribution in [1.82, 2.24) is 9.78 Å². The summed E-state index contributed by atoms with van der Waals surface area (Å²) in [6, 6.07) is 14.5. The van der Waals surface area contributed by atoms with Gasteiger partial charge in [-0.3, -0.25) is 9.48 Å². The molecule has 0 bridgehead atoms. The van der Waals surface area contributed by atoms with Crippen LogP contribution in [-0.2, 0) is 13.2 Å². The molecule has 158 valence electrons. The highest BCUT2D eigenvalue weighted by Gasteiger charge is 2.13. The van der Waals surface area contributed by atoms with E-state index in [-0.39, 0.29) is 23.3 Å². The molecule has 0 atom stereocenters. The SMILES string of the molecule is O=C(Nc1cccc(Cn2cc(Br)cn2)c1)c1ccc(COc2ccc(F)cc2Cl)o1. The van der Waals surface area contributed by atoms with Crippen LogP contribution < -0.4 is 10.1 Å². The van der Waals surface area contributed by atoms with Crippen LogP contribution in [0.5, 0.6) is 5.75 Å². The standard InChI is InChI=1S/C22H16BrClFN3O3/c23-15-10-26-28(12-15)11-14-2-1-3-17(8-14)27-22(29)21-7-5-18(31-21)13-30-20-6-4-16(25)9-19(20)24/h1-10,12H,11,13H2,(H,27,29). The predicted octanol–water partition coefficient (Wildman–Crippen LogP) is 5.91. The number of ether oxygens (including phenoxy) is 1. The predicted molar refractivity (Wildman–Crippen MR) is 118 cm³/mol. The van der Waals surface area contributed by atoms with E-state index in [9.17, 15) is 9.18 Å². The molecule has 0 saturated carbocycles. The van der Waals surface area contributed by atoms with Crippen LogP contribution in [0, 0.1) is 5.82 Å². The first-order chi connectivity index (χ1) is 15.0. The molecular formula is C22H16BrClFN3O3. The third kappa shape index (κ3) is 5.53. The second-order valence-corrected chi connectivity index (χ2v) is 7.96. The highest BCUT2D eigenvalue weighted by molar-refractivity contribution is 9.10. The van der Waals surface area contributed by atoms with E-state index in [1.807, 2.05) is 24.4 Å². The van der Waals surface area contributed by atoms with Gasteiger partial charge in [-0.05, 0) is 64.0 Å². The molecule has 2 aromatic heterocycles. The van der Waals surface area contributed by atoms with Gasteiger partial charge in [-0.1, -0.05) is 23.7 Å². The van der Waals surface area contributed by atoms with Crippen molar-refractivity contribution >= 4 is 39.1 Å². The number of carbonyl (C=O) groups excluding carboxylic acids is 1. The van der Waals surface area contributed by atoms with Crippen molar-refractivity contribution in [3.63, 3.8) is 0 Å². The van der Waals surface area contributed by atoms with Crippen LogP contribution in [0.2, 0.25) is 5.02 Å². The smallest absolute Gasteiger partial charge is 0.291 e. The largest absolute Gasteiger partial charge is 0.484 e. The number of aromatic nitrogens is 2. The van der Waals surface area contributed by atoms with Crippen LogP contribution in [0.3, 0.4) is 0 Å². The van der Waals surface area contributed by atoms with Gasteiger partial charge in [0.1, 0.15) is 23.9 Å². The first-order valence-electron chi connectivity index (χ1n) is 9.21. The summed E-state index contributed by atoms with van der Waals surface area (Å²) >= 11 is 9.31. The van der Waals surface area contributed by atoms with E-state index in [2.05, 4.69) is 26.3 Å². The molecule has 31 heavy (non-hydrogen) atoms. The molecule has 0 radical (unpaired) electrons. The quantitative estimate of drug-likeness (QED) is 0.340. The molecule has 1 amide bonds. The molecule has 0 unspecified atom stereocenters. The second kappa shape index (κ2) is 9.36. The van der Waals surface area contributed by atoms with Gasteiger partial charge in [0.2, 0.25) is 0 Å². The Morgan fingerprint density at radius 3 is 2.87 bits per heavy atom. The lowest BCUT2D eigenvalue weighted by atomic mass is 10.2. The van der Waals surface area contributed by atoms with Gasteiger partial charge < -0.3 is 14.5 Å². The average molecular weight is 505 g/mol. The fraction of sp³-hybridized carbons (Fsp3) is 0.0909. The van der Waals surface area contributed by atoms with Crippen molar-refractivity contribution in [3.05, 3.63) is 99.4 Å². The molecule has 0 spiro atoms. The molecule has 6 nitrogen and oxygen atoms in total. The van der Waals surface area contributed by atoms with Crippen LogP contribution in [0.25, 0.3) is 0 Å². The van der Waals surface area contributed by atoms with E-state index in [0.717, 1.165) is 16.1 Å². The Morgan fingerprint density at radius 2 is 2.10 bits per heavy atom. The van der Waals surface area contributed by atoms with E-state index in [1.54, 1.807) is 29.1 Å². The maximum atomic E-state index is 13.1. The fourth-order valence-electron chi connectivity index (χ4n) is 2.87. The van der Waals surface area contributed by atoms with Crippen molar-refractivity contribution in [1.29, 1.82) is 0 Å². The maximum Gasteiger partial charge on any atom is 0.291 e. The second-order valence-electron chi connectivity index (χ2n) is 6.64. The summed E-state index contributed by atoms with van der Waals surface area (Å²) in [5.41, 5.74) is 1.62. The number of furan rings is 1. The van der Waals surface area contributed by atoms with E-state index in [0.29, 0.717) is 23.7 Å². The summed E-state index contributed by atoms with van der Waals surface area (Å²) in [7, 11) is 0. The van der Waals surface area contributed by atoms with Gasteiger partial charge in [0.15, 0.2) is 5.76 Å². The molecule has 2 heterocycles. The van der Waals surface area contributed by atoms with Gasteiger partial charge in [0.05, 0.1) is 22.2 Å².